The molecule has 2 saturated heterocycles. The topological polar surface area (TPSA) is 81.1 Å². The summed E-state index contributed by atoms with van der Waals surface area (Å²) in [6, 6.07) is -0.132. The molecule has 0 saturated carbocycles. The number of aliphatic hydroxyl groups is 1. The fourth-order valence-electron chi connectivity index (χ4n) is 2.47. The molecule has 6 heteroatoms. The highest BCUT2D eigenvalue weighted by atomic mass is 16.4. The molecule has 0 bridgehead atoms. The van der Waals surface area contributed by atoms with Crippen molar-refractivity contribution in [3.63, 3.8) is 0 Å². The minimum atomic E-state index is -0.830. The molecule has 96 valence electrons. The van der Waals surface area contributed by atoms with Gasteiger partial charge in [-0.2, -0.15) is 0 Å². The van der Waals surface area contributed by atoms with E-state index in [0.29, 0.717) is 39.0 Å². The van der Waals surface area contributed by atoms with Gasteiger partial charge in [-0.05, 0) is 19.3 Å². The average molecular weight is 242 g/mol. The fraction of sp³-hybridized carbons (Fsp3) is 0.818. The van der Waals surface area contributed by atoms with E-state index in [2.05, 4.69) is 0 Å². The van der Waals surface area contributed by atoms with Gasteiger partial charge in [0.25, 0.3) is 0 Å². The van der Waals surface area contributed by atoms with Crippen molar-refractivity contribution in [3.05, 3.63) is 0 Å². The summed E-state index contributed by atoms with van der Waals surface area (Å²) < 4.78 is 0. The van der Waals surface area contributed by atoms with Crippen molar-refractivity contribution < 1.29 is 19.8 Å². The minimum absolute atomic E-state index is 0.132. The molecule has 2 amide bonds. The summed E-state index contributed by atoms with van der Waals surface area (Å²) in [4.78, 5) is 26.2. The zero-order valence-corrected chi connectivity index (χ0v) is 9.71. The number of aliphatic hydroxyl groups excluding tert-OH is 1. The second kappa shape index (κ2) is 4.91. The summed E-state index contributed by atoms with van der Waals surface area (Å²) in [5, 5.41) is 18.3. The van der Waals surface area contributed by atoms with Crippen molar-refractivity contribution in [2.24, 2.45) is 5.92 Å². The van der Waals surface area contributed by atoms with E-state index in [-0.39, 0.29) is 6.03 Å². The molecule has 2 aliphatic heterocycles. The SMILES string of the molecule is O=C(O)C1CCCN(C(=O)N2CCC(O)C2)C1. The lowest BCUT2D eigenvalue weighted by Gasteiger charge is -2.33. The largest absolute Gasteiger partial charge is 0.481 e. The van der Waals surface area contributed by atoms with Crippen LogP contribution >= 0.6 is 0 Å². The normalized spacial score (nSPS) is 29.5. The van der Waals surface area contributed by atoms with E-state index in [9.17, 15) is 14.7 Å². The zero-order valence-electron chi connectivity index (χ0n) is 9.71. The highest BCUT2D eigenvalue weighted by molar-refractivity contribution is 5.77. The van der Waals surface area contributed by atoms with Crippen LogP contribution in [-0.2, 0) is 4.79 Å². The molecule has 2 heterocycles. The molecule has 2 rings (SSSR count). The number of nitrogens with zero attached hydrogens (tertiary/aromatic N) is 2. The van der Waals surface area contributed by atoms with E-state index in [1.807, 2.05) is 0 Å². The summed E-state index contributed by atoms with van der Waals surface area (Å²) in [7, 11) is 0. The summed E-state index contributed by atoms with van der Waals surface area (Å²) in [6.07, 6.45) is 1.56. The van der Waals surface area contributed by atoms with Crippen molar-refractivity contribution in [2.75, 3.05) is 26.2 Å². The first-order chi connectivity index (χ1) is 8.08. The highest BCUT2D eigenvalue weighted by Gasteiger charge is 2.33. The third-order valence-corrected chi connectivity index (χ3v) is 3.48. The summed E-state index contributed by atoms with van der Waals surface area (Å²) in [5.41, 5.74) is 0. The zero-order chi connectivity index (χ0) is 12.4. The van der Waals surface area contributed by atoms with Gasteiger partial charge < -0.3 is 20.0 Å². The Morgan fingerprint density at radius 3 is 2.35 bits per heavy atom. The summed E-state index contributed by atoms with van der Waals surface area (Å²) in [5.74, 6) is -1.27. The van der Waals surface area contributed by atoms with Gasteiger partial charge in [0.15, 0.2) is 0 Å². The Morgan fingerprint density at radius 1 is 1.06 bits per heavy atom. The molecule has 0 aromatic carbocycles. The van der Waals surface area contributed by atoms with E-state index in [1.54, 1.807) is 9.80 Å². The second-order valence-electron chi connectivity index (χ2n) is 4.79. The summed E-state index contributed by atoms with van der Waals surface area (Å²) >= 11 is 0. The smallest absolute Gasteiger partial charge is 0.320 e. The molecule has 2 aliphatic rings. The number of aliphatic carboxylic acids is 1. The number of hydrogen-bond acceptors (Lipinski definition) is 3. The molecule has 17 heavy (non-hydrogen) atoms. The van der Waals surface area contributed by atoms with Crippen LogP contribution in [0.15, 0.2) is 0 Å². The van der Waals surface area contributed by atoms with Crippen molar-refractivity contribution in [1.82, 2.24) is 9.80 Å². The Morgan fingerprint density at radius 2 is 1.76 bits per heavy atom. The van der Waals surface area contributed by atoms with E-state index >= 15 is 0 Å². The van der Waals surface area contributed by atoms with Crippen LogP contribution in [0.5, 0.6) is 0 Å². The maximum absolute atomic E-state index is 12.1. The van der Waals surface area contributed by atoms with Crippen LogP contribution in [-0.4, -0.2) is 64.3 Å². The first kappa shape index (κ1) is 12.2. The monoisotopic (exact) mass is 242 g/mol. The van der Waals surface area contributed by atoms with E-state index in [0.717, 1.165) is 6.42 Å². The predicted molar refractivity (Wildman–Crippen MR) is 59.5 cm³/mol. The second-order valence-corrected chi connectivity index (χ2v) is 4.79. The third-order valence-electron chi connectivity index (χ3n) is 3.48. The van der Waals surface area contributed by atoms with Crippen LogP contribution in [0.2, 0.25) is 0 Å². The van der Waals surface area contributed by atoms with Gasteiger partial charge in [0.05, 0.1) is 12.0 Å². The molecule has 0 aliphatic carbocycles. The van der Waals surface area contributed by atoms with E-state index < -0.39 is 18.0 Å². The Hall–Kier alpha value is -1.30. The first-order valence-corrected chi connectivity index (χ1v) is 6.02. The van der Waals surface area contributed by atoms with Gasteiger partial charge in [-0.1, -0.05) is 0 Å². The van der Waals surface area contributed by atoms with Gasteiger partial charge in [-0.15, -0.1) is 0 Å². The van der Waals surface area contributed by atoms with E-state index in [4.69, 9.17) is 5.11 Å². The Labute approximate surface area is 99.8 Å². The lowest BCUT2D eigenvalue weighted by Crippen LogP contribution is -2.48. The number of β-amino-alcohol motifs (C(OH)–C–C–N with tert-alkyl or cyclic N) is 1. The van der Waals surface area contributed by atoms with Crippen molar-refractivity contribution in [2.45, 2.75) is 25.4 Å². The van der Waals surface area contributed by atoms with Crippen LogP contribution in [0.3, 0.4) is 0 Å². The molecule has 2 fully saturated rings. The quantitative estimate of drug-likeness (QED) is 0.676. The predicted octanol–water partition coefficient (Wildman–Crippen LogP) is -0.0304. The molecule has 0 spiro atoms. The maximum atomic E-state index is 12.1. The summed E-state index contributed by atoms with van der Waals surface area (Å²) in [6.45, 7) is 1.84. The number of piperidine rings is 1. The Bertz CT molecular complexity index is 321. The molecule has 0 radical (unpaired) electrons. The standard InChI is InChI=1S/C11H18N2O4/c14-9-3-5-13(7-9)11(17)12-4-1-2-8(6-12)10(15)16/h8-9,14H,1-7H2,(H,15,16). The highest BCUT2D eigenvalue weighted by Crippen LogP contribution is 2.19. The number of carboxylic acid groups (broad SMARTS) is 1. The molecule has 0 aromatic heterocycles. The van der Waals surface area contributed by atoms with Crippen molar-refractivity contribution in [1.29, 1.82) is 0 Å². The van der Waals surface area contributed by atoms with Crippen LogP contribution in [0.4, 0.5) is 4.79 Å². The van der Waals surface area contributed by atoms with Gasteiger partial charge in [0, 0.05) is 26.2 Å². The number of amides is 2. The average Bonchev–Trinajstić information content (AvgIpc) is 2.75. The number of carbonyl (C=O) groups excluding carboxylic acids is 1. The third kappa shape index (κ3) is 2.69. The first-order valence-electron chi connectivity index (χ1n) is 6.02. The number of urea groups is 1. The van der Waals surface area contributed by atoms with Gasteiger partial charge in [0.1, 0.15) is 0 Å². The molecule has 6 nitrogen and oxygen atoms in total. The molecular formula is C11H18N2O4. The number of likely N-dealkylation sites (tertiary alicyclic amines) is 2. The molecule has 2 atom stereocenters. The minimum Gasteiger partial charge on any atom is -0.481 e. The Balaban J connectivity index is 1.93. The molecule has 2 N–H and O–H groups in total. The molecule has 2 unspecified atom stereocenters. The van der Waals surface area contributed by atoms with Crippen LogP contribution in [0.1, 0.15) is 19.3 Å². The Kier molecular flexibility index (Phi) is 3.51. The maximum Gasteiger partial charge on any atom is 0.320 e. The van der Waals surface area contributed by atoms with Crippen molar-refractivity contribution in [3.8, 4) is 0 Å². The van der Waals surface area contributed by atoms with Gasteiger partial charge in [-0.3, -0.25) is 4.79 Å². The number of hydrogen-bond donors (Lipinski definition) is 2. The van der Waals surface area contributed by atoms with Crippen LogP contribution in [0, 0.1) is 5.92 Å². The number of carbonyl (C=O) groups is 2. The van der Waals surface area contributed by atoms with Crippen LogP contribution < -0.4 is 0 Å². The molecular weight excluding hydrogens is 224 g/mol. The van der Waals surface area contributed by atoms with Gasteiger partial charge >= 0.3 is 12.0 Å². The number of carboxylic acids is 1. The van der Waals surface area contributed by atoms with Gasteiger partial charge in [0.2, 0.25) is 0 Å². The fourth-order valence-corrected chi connectivity index (χ4v) is 2.47. The van der Waals surface area contributed by atoms with Gasteiger partial charge in [-0.25, -0.2) is 4.79 Å². The van der Waals surface area contributed by atoms with E-state index in [1.165, 1.54) is 0 Å². The van der Waals surface area contributed by atoms with Crippen LogP contribution in [0.25, 0.3) is 0 Å². The van der Waals surface area contributed by atoms with Crippen molar-refractivity contribution >= 4 is 12.0 Å². The number of rotatable bonds is 1. The lowest BCUT2D eigenvalue weighted by atomic mass is 9.99. The molecule has 0 aromatic rings. The lowest BCUT2D eigenvalue weighted by molar-refractivity contribution is -0.143.